The number of amides is 1. The first kappa shape index (κ1) is 17.3. The summed E-state index contributed by atoms with van der Waals surface area (Å²) in [5.74, 6) is 1.96. The zero-order valence-corrected chi connectivity index (χ0v) is 15.4. The molecule has 1 aliphatic rings. The lowest BCUT2D eigenvalue weighted by molar-refractivity contribution is -0.115. The van der Waals surface area contributed by atoms with E-state index in [1.54, 1.807) is 0 Å². The fourth-order valence-electron chi connectivity index (χ4n) is 3.47. The third-order valence-corrected chi connectivity index (χ3v) is 4.78. The first-order chi connectivity index (χ1) is 13.2. The molecular formula is C22H23N3O2. The van der Waals surface area contributed by atoms with E-state index in [1.165, 1.54) is 0 Å². The summed E-state index contributed by atoms with van der Waals surface area (Å²) < 4.78 is 7.70. The molecule has 5 nitrogen and oxygen atoms in total. The number of carbonyl (C=O) groups is 1. The third kappa shape index (κ3) is 3.87. The Morgan fingerprint density at radius 3 is 2.67 bits per heavy atom. The molecule has 0 aliphatic carbocycles. The summed E-state index contributed by atoms with van der Waals surface area (Å²) in [5, 5.41) is 2.96. The van der Waals surface area contributed by atoms with E-state index in [4.69, 9.17) is 4.74 Å². The zero-order valence-electron chi connectivity index (χ0n) is 15.4. The van der Waals surface area contributed by atoms with Crippen molar-refractivity contribution in [3.05, 3.63) is 66.1 Å². The van der Waals surface area contributed by atoms with Gasteiger partial charge in [0.1, 0.15) is 11.6 Å². The number of imidazole rings is 1. The topological polar surface area (TPSA) is 56.1 Å². The lowest BCUT2D eigenvalue weighted by atomic mass is 10.1. The fraction of sp³-hybridized carbons (Fsp3) is 0.273. The lowest BCUT2D eigenvalue weighted by Gasteiger charge is -2.09. The van der Waals surface area contributed by atoms with Crippen molar-refractivity contribution < 1.29 is 9.53 Å². The van der Waals surface area contributed by atoms with Crippen LogP contribution >= 0.6 is 0 Å². The molecule has 0 unspecified atom stereocenters. The highest BCUT2D eigenvalue weighted by Crippen LogP contribution is 2.26. The van der Waals surface area contributed by atoms with E-state index in [-0.39, 0.29) is 5.91 Å². The van der Waals surface area contributed by atoms with Crippen LogP contribution in [0.5, 0.6) is 5.75 Å². The van der Waals surface area contributed by atoms with Crippen molar-refractivity contribution in [3.8, 4) is 17.0 Å². The molecule has 2 heterocycles. The van der Waals surface area contributed by atoms with Crippen molar-refractivity contribution in [3.63, 3.8) is 0 Å². The van der Waals surface area contributed by atoms with E-state index in [0.29, 0.717) is 13.0 Å². The van der Waals surface area contributed by atoms with Crippen LogP contribution < -0.4 is 10.1 Å². The number of nitrogens with one attached hydrogen (secondary N) is 1. The molecule has 27 heavy (non-hydrogen) atoms. The number of hydrogen-bond acceptors (Lipinski definition) is 3. The zero-order chi connectivity index (χ0) is 18.6. The Labute approximate surface area is 159 Å². The SMILES string of the molecule is CCOc1ccc(CC(=O)Nc2ccc(-c3cnc4n3CCC4)cc2)cc1. The molecule has 1 aromatic heterocycles. The average molecular weight is 361 g/mol. The Bertz CT molecular complexity index is 927. The number of aromatic nitrogens is 2. The Kier molecular flexibility index (Phi) is 4.92. The number of carbonyl (C=O) groups excluding carboxylic acids is 1. The molecule has 0 fully saturated rings. The minimum Gasteiger partial charge on any atom is -0.494 e. The monoisotopic (exact) mass is 361 g/mol. The number of aryl methyl sites for hydroxylation is 1. The Morgan fingerprint density at radius 2 is 1.93 bits per heavy atom. The van der Waals surface area contributed by atoms with Crippen LogP contribution in [0.4, 0.5) is 5.69 Å². The number of rotatable bonds is 6. The highest BCUT2D eigenvalue weighted by molar-refractivity contribution is 5.92. The number of nitrogens with zero attached hydrogens (tertiary/aromatic N) is 2. The van der Waals surface area contributed by atoms with Crippen LogP contribution in [-0.4, -0.2) is 22.1 Å². The maximum Gasteiger partial charge on any atom is 0.228 e. The van der Waals surface area contributed by atoms with Crippen LogP contribution in [0.25, 0.3) is 11.3 Å². The summed E-state index contributed by atoms with van der Waals surface area (Å²) in [7, 11) is 0. The highest BCUT2D eigenvalue weighted by Gasteiger charge is 2.16. The van der Waals surface area contributed by atoms with Crippen LogP contribution in [0.3, 0.4) is 0 Å². The summed E-state index contributed by atoms with van der Waals surface area (Å²) in [6.45, 7) is 3.62. The molecule has 138 valence electrons. The quantitative estimate of drug-likeness (QED) is 0.720. The summed E-state index contributed by atoms with van der Waals surface area (Å²) >= 11 is 0. The molecule has 3 aromatic rings. The second-order valence-corrected chi connectivity index (χ2v) is 6.69. The molecule has 1 amide bonds. The second kappa shape index (κ2) is 7.66. The van der Waals surface area contributed by atoms with Gasteiger partial charge in [0.15, 0.2) is 0 Å². The molecule has 0 saturated heterocycles. The van der Waals surface area contributed by atoms with Crippen LogP contribution in [0.15, 0.2) is 54.7 Å². The minimum absolute atomic E-state index is 0.0304. The number of benzene rings is 2. The first-order valence-electron chi connectivity index (χ1n) is 9.39. The molecule has 5 heteroatoms. The molecular weight excluding hydrogens is 338 g/mol. The molecule has 1 aliphatic heterocycles. The van der Waals surface area contributed by atoms with E-state index in [0.717, 1.165) is 53.5 Å². The molecule has 1 N–H and O–H groups in total. The Morgan fingerprint density at radius 1 is 1.15 bits per heavy atom. The van der Waals surface area contributed by atoms with Gasteiger partial charge in [-0.3, -0.25) is 4.79 Å². The smallest absolute Gasteiger partial charge is 0.228 e. The van der Waals surface area contributed by atoms with Gasteiger partial charge in [-0.25, -0.2) is 4.98 Å². The number of hydrogen-bond donors (Lipinski definition) is 1. The van der Waals surface area contributed by atoms with Crippen molar-refractivity contribution in [1.29, 1.82) is 0 Å². The maximum atomic E-state index is 12.3. The molecule has 0 saturated carbocycles. The van der Waals surface area contributed by atoms with Gasteiger partial charge in [0.05, 0.1) is 24.9 Å². The molecule has 4 rings (SSSR count). The number of anilines is 1. The molecule has 0 radical (unpaired) electrons. The standard InChI is InChI=1S/C22H23N3O2/c1-2-27-19-11-5-16(6-12-19)14-22(26)24-18-9-7-17(8-10-18)20-15-23-21-4-3-13-25(20)21/h5-12,15H,2-4,13-14H2,1H3,(H,24,26). The molecule has 0 spiro atoms. The molecule has 0 bridgehead atoms. The van der Waals surface area contributed by atoms with E-state index >= 15 is 0 Å². The van der Waals surface area contributed by atoms with Gasteiger partial charge in [-0.05, 0) is 48.7 Å². The van der Waals surface area contributed by atoms with Gasteiger partial charge in [0.25, 0.3) is 0 Å². The van der Waals surface area contributed by atoms with Crippen molar-refractivity contribution in [2.45, 2.75) is 32.7 Å². The van der Waals surface area contributed by atoms with Crippen molar-refractivity contribution >= 4 is 11.6 Å². The van der Waals surface area contributed by atoms with Crippen molar-refractivity contribution in [1.82, 2.24) is 9.55 Å². The number of fused-ring (bicyclic) bond motifs is 1. The fourth-order valence-corrected chi connectivity index (χ4v) is 3.47. The highest BCUT2D eigenvalue weighted by atomic mass is 16.5. The van der Waals surface area contributed by atoms with Gasteiger partial charge >= 0.3 is 0 Å². The van der Waals surface area contributed by atoms with Crippen LogP contribution in [0, 0.1) is 0 Å². The van der Waals surface area contributed by atoms with Gasteiger partial charge in [-0.1, -0.05) is 24.3 Å². The van der Waals surface area contributed by atoms with E-state index in [2.05, 4.69) is 14.9 Å². The lowest BCUT2D eigenvalue weighted by Crippen LogP contribution is -2.14. The van der Waals surface area contributed by atoms with E-state index in [9.17, 15) is 4.79 Å². The Hall–Kier alpha value is -3.08. The predicted molar refractivity (Wildman–Crippen MR) is 106 cm³/mol. The van der Waals surface area contributed by atoms with Crippen LogP contribution in [0.2, 0.25) is 0 Å². The second-order valence-electron chi connectivity index (χ2n) is 6.69. The Balaban J connectivity index is 1.38. The first-order valence-corrected chi connectivity index (χ1v) is 9.39. The number of ether oxygens (including phenoxy) is 1. The van der Waals surface area contributed by atoms with Gasteiger partial charge in [-0.2, -0.15) is 0 Å². The van der Waals surface area contributed by atoms with Gasteiger partial charge in [-0.15, -0.1) is 0 Å². The van der Waals surface area contributed by atoms with Crippen molar-refractivity contribution in [2.24, 2.45) is 0 Å². The summed E-state index contributed by atoms with van der Waals surface area (Å²) in [6.07, 6.45) is 4.49. The van der Waals surface area contributed by atoms with E-state index in [1.807, 2.05) is 61.7 Å². The summed E-state index contributed by atoms with van der Waals surface area (Å²) in [4.78, 5) is 16.8. The summed E-state index contributed by atoms with van der Waals surface area (Å²) in [6, 6.07) is 15.6. The third-order valence-electron chi connectivity index (χ3n) is 4.78. The molecule has 0 atom stereocenters. The summed E-state index contributed by atoms with van der Waals surface area (Å²) in [5.41, 5.74) is 4.04. The average Bonchev–Trinajstić information content (AvgIpc) is 3.28. The molecule has 2 aromatic carbocycles. The van der Waals surface area contributed by atoms with Crippen molar-refractivity contribution in [2.75, 3.05) is 11.9 Å². The minimum atomic E-state index is -0.0304. The van der Waals surface area contributed by atoms with Gasteiger partial charge in [0.2, 0.25) is 5.91 Å². The maximum absolute atomic E-state index is 12.3. The van der Waals surface area contributed by atoms with Gasteiger partial charge in [0, 0.05) is 18.7 Å². The largest absolute Gasteiger partial charge is 0.494 e. The van der Waals surface area contributed by atoms with Crippen LogP contribution in [-0.2, 0) is 24.2 Å². The van der Waals surface area contributed by atoms with E-state index < -0.39 is 0 Å². The normalized spacial score (nSPS) is 12.6. The van der Waals surface area contributed by atoms with Gasteiger partial charge < -0.3 is 14.6 Å². The predicted octanol–water partition coefficient (Wildman–Crippen LogP) is 4.08. The van der Waals surface area contributed by atoms with Crippen LogP contribution in [0.1, 0.15) is 24.7 Å².